The Morgan fingerprint density at radius 3 is 2.22 bits per heavy atom. The van der Waals surface area contributed by atoms with Gasteiger partial charge in [0.1, 0.15) is 4.87 Å². The third-order valence-corrected chi connectivity index (χ3v) is 8.63. The molecule has 0 saturated carbocycles. The number of rotatable bonds is 4. The van der Waals surface area contributed by atoms with Crippen LogP contribution in [0.3, 0.4) is 0 Å². The van der Waals surface area contributed by atoms with Crippen LogP contribution in [0.25, 0.3) is 0 Å². The predicted octanol–water partition coefficient (Wildman–Crippen LogP) is 5.53. The van der Waals surface area contributed by atoms with Gasteiger partial charge >= 0.3 is 0 Å². The van der Waals surface area contributed by atoms with Crippen LogP contribution < -0.4 is 10.3 Å². The summed E-state index contributed by atoms with van der Waals surface area (Å²) < 4.78 is 0.981. The Bertz CT molecular complexity index is 1160. The molecule has 8 heteroatoms. The van der Waals surface area contributed by atoms with Crippen LogP contribution in [-0.2, 0) is 14.5 Å². The average Bonchev–Trinajstić information content (AvgIpc) is 3.10. The molecule has 1 saturated heterocycles. The van der Waals surface area contributed by atoms with E-state index in [-0.39, 0.29) is 18.4 Å². The minimum absolute atomic E-state index is 0.00571. The van der Waals surface area contributed by atoms with Crippen LogP contribution in [0.5, 0.6) is 0 Å². The molecule has 2 aliphatic heterocycles. The number of hydrogen-bond donors (Lipinski definition) is 1. The third-order valence-electron chi connectivity index (χ3n) is 5.60. The zero-order valence-electron chi connectivity index (χ0n) is 17.2. The summed E-state index contributed by atoms with van der Waals surface area (Å²) in [7, 11) is 0. The lowest BCUT2D eigenvalue weighted by Crippen LogP contribution is -2.52. The van der Waals surface area contributed by atoms with Gasteiger partial charge in [0.15, 0.2) is 0 Å². The quantitative estimate of drug-likeness (QED) is 0.485. The maximum Gasteiger partial charge on any atom is 0.248 e. The van der Waals surface area contributed by atoms with E-state index >= 15 is 0 Å². The Morgan fingerprint density at radius 2 is 1.59 bits per heavy atom. The second kappa shape index (κ2) is 8.59. The lowest BCUT2D eigenvalue weighted by atomic mass is 10.1. The number of benzene rings is 3. The highest BCUT2D eigenvalue weighted by molar-refractivity contribution is 9.10. The van der Waals surface area contributed by atoms with Crippen molar-refractivity contribution in [1.82, 2.24) is 10.4 Å². The largest absolute Gasteiger partial charge is 0.278 e. The van der Waals surface area contributed by atoms with E-state index in [0.29, 0.717) is 5.75 Å². The summed E-state index contributed by atoms with van der Waals surface area (Å²) in [5.41, 5.74) is 5.87. The summed E-state index contributed by atoms with van der Waals surface area (Å²) in [6.07, 6.45) is 0. The van der Waals surface area contributed by atoms with Gasteiger partial charge in [-0.25, -0.2) is 5.43 Å². The third kappa shape index (κ3) is 3.75. The summed E-state index contributed by atoms with van der Waals surface area (Å²) >= 11 is 6.68. The molecule has 1 fully saturated rings. The summed E-state index contributed by atoms with van der Waals surface area (Å²) in [6, 6.07) is 23.7. The molecule has 0 aromatic heterocycles. The minimum Gasteiger partial charge on any atom is -0.278 e. The molecule has 32 heavy (non-hydrogen) atoms. The van der Waals surface area contributed by atoms with Crippen LogP contribution in [-0.4, -0.2) is 29.1 Å². The molecule has 1 unspecified atom stereocenters. The highest BCUT2D eigenvalue weighted by Gasteiger charge is 2.44. The molecule has 3 aromatic carbocycles. The molecule has 5 nitrogen and oxygen atoms in total. The zero-order valence-corrected chi connectivity index (χ0v) is 20.5. The molecule has 0 bridgehead atoms. The standard InChI is InChI=1S/C24H20BrN3O2S2/c1-24(16-10-12-17(25)13-11-16)28(23(30)15-31-24)26-14-22(29)27-18-6-2-4-8-20(18)32-21-9-5-3-7-19(21)27/h2-13,26H,14-15H2,1H3. The topological polar surface area (TPSA) is 52.7 Å². The first-order valence-electron chi connectivity index (χ1n) is 10.1. The van der Waals surface area contributed by atoms with Crippen molar-refractivity contribution in [2.45, 2.75) is 21.6 Å². The maximum absolute atomic E-state index is 13.5. The van der Waals surface area contributed by atoms with Gasteiger partial charge < -0.3 is 0 Å². The first-order chi connectivity index (χ1) is 15.5. The highest BCUT2D eigenvalue weighted by Crippen LogP contribution is 2.48. The first-order valence-corrected chi connectivity index (χ1v) is 12.7. The van der Waals surface area contributed by atoms with E-state index in [4.69, 9.17) is 0 Å². The fourth-order valence-electron chi connectivity index (χ4n) is 3.98. The highest BCUT2D eigenvalue weighted by atomic mass is 79.9. The molecule has 0 aliphatic carbocycles. The Morgan fingerprint density at radius 1 is 1.00 bits per heavy atom. The Balaban J connectivity index is 1.41. The summed E-state index contributed by atoms with van der Waals surface area (Å²) in [4.78, 5) is 29.4. The van der Waals surface area contributed by atoms with E-state index < -0.39 is 4.87 Å². The number of carbonyl (C=O) groups excluding carboxylic acids is 2. The smallest absolute Gasteiger partial charge is 0.248 e. The second-order valence-electron chi connectivity index (χ2n) is 7.61. The molecule has 2 amide bonds. The van der Waals surface area contributed by atoms with E-state index in [1.807, 2.05) is 79.7 Å². The van der Waals surface area contributed by atoms with Gasteiger partial charge in [-0.3, -0.25) is 19.5 Å². The van der Waals surface area contributed by atoms with Crippen molar-refractivity contribution in [3.05, 3.63) is 82.8 Å². The van der Waals surface area contributed by atoms with Crippen LogP contribution in [0.4, 0.5) is 11.4 Å². The molecule has 162 valence electrons. The van der Waals surface area contributed by atoms with Crippen molar-refractivity contribution in [2.75, 3.05) is 17.2 Å². The number of para-hydroxylation sites is 2. The molecule has 0 radical (unpaired) electrons. The monoisotopic (exact) mass is 525 g/mol. The van der Waals surface area contributed by atoms with E-state index in [1.165, 1.54) is 0 Å². The summed E-state index contributed by atoms with van der Waals surface area (Å²) in [5.74, 6) is 0.205. The van der Waals surface area contributed by atoms with Gasteiger partial charge in [0.05, 0.1) is 23.7 Å². The van der Waals surface area contributed by atoms with E-state index in [9.17, 15) is 9.59 Å². The number of amides is 2. The fourth-order valence-corrected chi connectivity index (χ4v) is 6.43. The number of hydrogen-bond acceptors (Lipinski definition) is 5. The van der Waals surface area contributed by atoms with Gasteiger partial charge in [-0.1, -0.05) is 64.1 Å². The molecule has 2 heterocycles. The number of fused-ring (bicyclic) bond motifs is 2. The van der Waals surface area contributed by atoms with Crippen LogP contribution in [0, 0.1) is 0 Å². The maximum atomic E-state index is 13.5. The van der Waals surface area contributed by atoms with Crippen LogP contribution in [0.1, 0.15) is 12.5 Å². The second-order valence-corrected chi connectivity index (χ2v) is 11.0. The van der Waals surface area contributed by atoms with Crippen molar-refractivity contribution in [3.63, 3.8) is 0 Å². The molecule has 3 aromatic rings. The molecule has 1 atom stereocenters. The molecule has 0 spiro atoms. The molecular formula is C24H20BrN3O2S2. The minimum atomic E-state index is -0.592. The van der Waals surface area contributed by atoms with Crippen molar-refractivity contribution < 1.29 is 9.59 Å². The molecule has 1 N–H and O–H groups in total. The van der Waals surface area contributed by atoms with E-state index in [0.717, 1.165) is 31.2 Å². The van der Waals surface area contributed by atoms with Crippen molar-refractivity contribution in [3.8, 4) is 0 Å². The van der Waals surface area contributed by atoms with Crippen molar-refractivity contribution >= 4 is 62.6 Å². The molecular weight excluding hydrogens is 506 g/mol. The summed E-state index contributed by atoms with van der Waals surface area (Å²) in [5, 5.41) is 1.61. The predicted molar refractivity (Wildman–Crippen MR) is 133 cm³/mol. The lowest BCUT2D eigenvalue weighted by molar-refractivity contribution is -0.134. The fraction of sp³-hybridized carbons (Fsp3) is 0.167. The number of hydrazine groups is 1. The zero-order chi connectivity index (χ0) is 22.3. The number of nitrogens with zero attached hydrogens (tertiary/aromatic N) is 2. The lowest BCUT2D eigenvalue weighted by Gasteiger charge is -2.36. The number of nitrogens with one attached hydrogen (secondary N) is 1. The normalized spacial score (nSPS) is 19.6. The Hall–Kier alpha value is -2.26. The summed E-state index contributed by atoms with van der Waals surface area (Å²) in [6.45, 7) is 2.01. The van der Waals surface area contributed by atoms with Crippen molar-refractivity contribution in [2.24, 2.45) is 0 Å². The van der Waals surface area contributed by atoms with E-state index in [1.54, 1.807) is 33.4 Å². The van der Waals surface area contributed by atoms with Crippen molar-refractivity contribution in [1.29, 1.82) is 0 Å². The van der Waals surface area contributed by atoms with Gasteiger partial charge in [0.2, 0.25) is 11.8 Å². The van der Waals surface area contributed by atoms with Gasteiger partial charge in [-0.15, -0.1) is 11.8 Å². The Kier molecular flexibility index (Phi) is 5.79. The number of halogens is 1. The molecule has 2 aliphatic rings. The first kappa shape index (κ1) is 21.6. The van der Waals surface area contributed by atoms with Gasteiger partial charge in [0, 0.05) is 14.3 Å². The average molecular weight is 526 g/mol. The van der Waals surface area contributed by atoms with Gasteiger partial charge in [-0.05, 0) is 48.9 Å². The number of anilines is 2. The van der Waals surface area contributed by atoms with Gasteiger partial charge in [0.25, 0.3) is 0 Å². The molecule has 5 rings (SSSR count). The van der Waals surface area contributed by atoms with Crippen LogP contribution in [0.2, 0.25) is 0 Å². The van der Waals surface area contributed by atoms with Crippen LogP contribution in [0.15, 0.2) is 87.1 Å². The number of carbonyl (C=O) groups is 2. The Labute approximate surface area is 203 Å². The van der Waals surface area contributed by atoms with E-state index in [2.05, 4.69) is 21.4 Å². The van der Waals surface area contributed by atoms with Crippen LogP contribution >= 0.6 is 39.5 Å². The number of thioether (sulfide) groups is 1. The van der Waals surface area contributed by atoms with Gasteiger partial charge in [-0.2, -0.15) is 0 Å². The SMILES string of the molecule is CC1(c2ccc(Br)cc2)SCC(=O)N1NCC(=O)N1c2ccccc2Sc2ccccc21.